The Morgan fingerprint density at radius 3 is 2.81 bits per heavy atom. The molecule has 0 aliphatic rings. The van der Waals surface area contributed by atoms with E-state index in [1.165, 1.54) is 0 Å². The number of hydrogen-bond acceptors (Lipinski definition) is 4. The highest BCUT2D eigenvalue weighted by molar-refractivity contribution is 8.00. The van der Waals surface area contributed by atoms with Crippen LogP contribution in [0.4, 0.5) is 5.69 Å². The summed E-state index contributed by atoms with van der Waals surface area (Å²) in [5.74, 6) is 0.969. The molecule has 0 saturated carbocycles. The molecule has 118 valence electrons. The van der Waals surface area contributed by atoms with Gasteiger partial charge in [0.15, 0.2) is 0 Å². The second-order valence-corrected chi connectivity index (χ2v) is 7.95. The van der Waals surface area contributed by atoms with Gasteiger partial charge in [0.2, 0.25) is 5.91 Å². The SMILES string of the molecule is CCC(C)(C)SCCC(=O)NCCc1cccc(S)c1N. The van der Waals surface area contributed by atoms with E-state index in [0.717, 1.165) is 29.1 Å². The Morgan fingerprint density at radius 2 is 2.14 bits per heavy atom. The van der Waals surface area contributed by atoms with Crippen LogP contribution in [-0.4, -0.2) is 23.0 Å². The number of hydrogen-bond donors (Lipinski definition) is 3. The van der Waals surface area contributed by atoms with Crippen LogP contribution in [-0.2, 0) is 11.2 Å². The number of nitrogens with two attached hydrogens (primary N) is 1. The van der Waals surface area contributed by atoms with Gasteiger partial charge in [-0.15, -0.1) is 12.6 Å². The molecule has 0 bridgehead atoms. The first-order chi connectivity index (χ1) is 9.85. The minimum Gasteiger partial charge on any atom is -0.398 e. The average Bonchev–Trinajstić information content (AvgIpc) is 2.43. The molecule has 0 aliphatic carbocycles. The Balaban J connectivity index is 2.26. The predicted octanol–water partition coefficient (Wildman–Crippen LogP) is 3.53. The van der Waals surface area contributed by atoms with Gasteiger partial charge in [-0.1, -0.05) is 32.9 Å². The summed E-state index contributed by atoms with van der Waals surface area (Å²) in [6.45, 7) is 7.21. The highest BCUT2D eigenvalue weighted by Gasteiger charge is 2.15. The maximum Gasteiger partial charge on any atom is 0.220 e. The zero-order chi connectivity index (χ0) is 15.9. The van der Waals surface area contributed by atoms with Gasteiger partial charge in [0, 0.05) is 34.0 Å². The van der Waals surface area contributed by atoms with E-state index >= 15 is 0 Å². The van der Waals surface area contributed by atoms with E-state index in [9.17, 15) is 4.79 Å². The standard InChI is InChI=1S/C16H26N2OS2/c1-4-16(2,3)21-11-9-14(19)18-10-8-12-6-5-7-13(20)15(12)17/h5-7,20H,4,8-11,17H2,1-3H3,(H,18,19). The molecule has 1 aromatic rings. The summed E-state index contributed by atoms with van der Waals surface area (Å²) in [4.78, 5) is 12.6. The van der Waals surface area contributed by atoms with Gasteiger partial charge >= 0.3 is 0 Å². The zero-order valence-corrected chi connectivity index (χ0v) is 14.8. The summed E-state index contributed by atoms with van der Waals surface area (Å²) >= 11 is 6.15. The number of benzene rings is 1. The van der Waals surface area contributed by atoms with Crippen molar-refractivity contribution in [2.75, 3.05) is 18.0 Å². The fourth-order valence-corrected chi connectivity index (χ4v) is 3.04. The lowest BCUT2D eigenvalue weighted by atomic mass is 10.1. The lowest BCUT2D eigenvalue weighted by Crippen LogP contribution is -2.26. The summed E-state index contributed by atoms with van der Waals surface area (Å²) in [6.07, 6.45) is 2.41. The van der Waals surface area contributed by atoms with Gasteiger partial charge in [0.1, 0.15) is 0 Å². The number of carbonyl (C=O) groups excluding carboxylic acids is 1. The van der Waals surface area contributed by atoms with Crippen molar-refractivity contribution >= 4 is 36.0 Å². The molecule has 0 spiro atoms. The molecule has 0 saturated heterocycles. The van der Waals surface area contributed by atoms with Gasteiger partial charge in [0.25, 0.3) is 0 Å². The highest BCUT2D eigenvalue weighted by Crippen LogP contribution is 2.27. The molecular weight excluding hydrogens is 300 g/mol. The van der Waals surface area contributed by atoms with Gasteiger partial charge in [-0.3, -0.25) is 4.79 Å². The van der Waals surface area contributed by atoms with Crippen molar-refractivity contribution in [1.82, 2.24) is 5.32 Å². The molecule has 0 radical (unpaired) electrons. The third-order valence-corrected chi connectivity index (χ3v) is 5.43. The van der Waals surface area contributed by atoms with Gasteiger partial charge in [0.05, 0.1) is 0 Å². The largest absolute Gasteiger partial charge is 0.398 e. The molecule has 0 unspecified atom stereocenters. The minimum absolute atomic E-state index is 0.106. The Hall–Kier alpha value is -0.810. The van der Waals surface area contributed by atoms with E-state index in [4.69, 9.17) is 5.73 Å². The Bertz CT molecular complexity index is 475. The van der Waals surface area contributed by atoms with E-state index in [2.05, 4.69) is 38.7 Å². The molecule has 0 aromatic heterocycles. The van der Waals surface area contributed by atoms with Gasteiger partial charge in [-0.25, -0.2) is 0 Å². The number of nitrogen functional groups attached to an aromatic ring is 1. The number of thiol groups is 1. The van der Waals surface area contributed by atoms with Crippen LogP contribution in [0.1, 0.15) is 39.2 Å². The van der Waals surface area contributed by atoms with Gasteiger partial charge in [-0.2, -0.15) is 11.8 Å². The van der Waals surface area contributed by atoms with Crippen molar-refractivity contribution in [3.05, 3.63) is 23.8 Å². The van der Waals surface area contributed by atoms with Crippen LogP contribution in [0.3, 0.4) is 0 Å². The third-order valence-electron chi connectivity index (χ3n) is 3.56. The van der Waals surface area contributed by atoms with Crippen molar-refractivity contribution in [3.8, 4) is 0 Å². The molecule has 1 rings (SSSR count). The maximum atomic E-state index is 11.8. The third kappa shape index (κ3) is 6.66. The quantitative estimate of drug-likeness (QED) is 0.506. The minimum atomic E-state index is 0.106. The molecule has 3 nitrogen and oxygen atoms in total. The maximum absolute atomic E-state index is 11.8. The summed E-state index contributed by atoms with van der Waals surface area (Å²) in [6, 6.07) is 5.77. The number of amides is 1. The molecule has 5 heteroatoms. The summed E-state index contributed by atoms with van der Waals surface area (Å²) in [7, 11) is 0. The summed E-state index contributed by atoms with van der Waals surface area (Å²) < 4.78 is 0.252. The summed E-state index contributed by atoms with van der Waals surface area (Å²) in [5.41, 5.74) is 7.69. The van der Waals surface area contributed by atoms with E-state index in [0.29, 0.717) is 18.7 Å². The molecule has 0 aliphatic heterocycles. The predicted molar refractivity (Wildman–Crippen MR) is 96.3 cm³/mol. The van der Waals surface area contributed by atoms with Crippen molar-refractivity contribution in [3.63, 3.8) is 0 Å². The number of anilines is 1. The van der Waals surface area contributed by atoms with E-state index in [-0.39, 0.29) is 10.7 Å². The fourth-order valence-electron chi connectivity index (χ4n) is 1.76. The van der Waals surface area contributed by atoms with Gasteiger partial charge in [-0.05, 0) is 24.5 Å². The van der Waals surface area contributed by atoms with Crippen LogP contribution in [0.15, 0.2) is 23.1 Å². The van der Waals surface area contributed by atoms with Crippen molar-refractivity contribution in [1.29, 1.82) is 0 Å². The van der Waals surface area contributed by atoms with Crippen LogP contribution >= 0.6 is 24.4 Å². The Kier molecular flexibility index (Phi) is 7.46. The van der Waals surface area contributed by atoms with Crippen molar-refractivity contribution in [2.24, 2.45) is 0 Å². The zero-order valence-electron chi connectivity index (χ0n) is 13.1. The molecule has 1 aromatic carbocycles. The molecule has 3 N–H and O–H groups in total. The first kappa shape index (κ1) is 18.2. The van der Waals surface area contributed by atoms with Crippen LogP contribution in [0.2, 0.25) is 0 Å². The van der Waals surface area contributed by atoms with Crippen LogP contribution in [0.25, 0.3) is 0 Å². The molecule has 0 atom stereocenters. The number of para-hydroxylation sites is 1. The highest BCUT2D eigenvalue weighted by atomic mass is 32.2. The van der Waals surface area contributed by atoms with Crippen LogP contribution < -0.4 is 11.1 Å². The molecular formula is C16H26N2OS2. The Morgan fingerprint density at radius 1 is 1.43 bits per heavy atom. The topological polar surface area (TPSA) is 55.1 Å². The smallest absolute Gasteiger partial charge is 0.220 e. The summed E-state index contributed by atoms with van der Waals surface area (Å²) in [5, 5.41) is 2.95. The first-order valence-corrected chi connectivity index (χ1v) is 8.76. The van der Waals surface area contributed by atoms with Crippen molar-refractivity contribution in [2.45, 2.75) is 49.7 Å². The first-order valence-electron chi connectivity index (χ1n) is 7.32. The second kappa shape index (κ2) is 8.59. The monoisotopic (exact) mass is 326 g/mol. The van der Waals surface area contributed by atoms with Crippen molar-refractivity contribution < 1.29 is 4.79 Å². The Labute approximate surface area is 137 Å². The van der Waals surface area contributed by atoms with E-state index in [1.807, 2.05) is 30.0 Å². The fraction of sp³-hybridized carbons (Fsp3) is 0.562. The van der Waals surface area contributed by atoms with E-state index in [1.54, 1.807) is 0 Å². The number of rotatable bonds is 8. The van der Waals surface area contributed by atoms with Crippen LogP contribution in [0, 0.1) is 0 Å². The normalized spacial score (nSPS) is 11.4. The number of carbonyl (C=O) groups is 1. The van der Waals surface area contributed by atoms with Gasteiger partial charge < -0.3 is 11.1 Å². The lowest BCUT2D eigenvalue weighted by molar-refractivity contribution is -0.120. The average molecular weight is 327 g/mol. The number of nitrogens with one attached hydrogen (secondary N) is 1. The lowest BCUT2D eigenvalue weighted by Gasteiger charge is -2.21. The molecule has 0 heterocycles. The van der Waals surface area contributed by atoms with Crippen LogP contribution in [0.5, 0.6) is 0 Å². The second-order valence-electron chi connectivity index (χ2n) is 5.66. The molecule has 21 heavy (non-hydrogen) atoms. The molecule has 0 fully saturated rings. The number of thioether (sulfide) groups is 1. The molecule has 1 amide bonds. The van der Waals surface area contributed by atoms with E-state index < -0.39 is 0 Å².